The van der Waals surface area contributed by atoms with Crippen LogP contribution in [0.3, 0.4) is 0 Å². The molecule has 84 valence electrons. The van der Waals surface area contributed by atoms with E-state index in [0.717, 1.165) is 5.82 Å². The van der Waals surface area contributed by atoms with Crippen LogP contribution in [0.25, 0.3) is 0 Å². The molecule has 1 atom stereocenters. The fourth-order valence-corrected chi connectivity index (χ4v) is 1.63. The number of anilines is 2. The minimum atomic E-state index is -0.314. The van der Waals surface area contributed by atoms with Crippen LogP contribution in [0, 0.1) is 0 Å². The third-order valence-corrected chi connectivity index (χ3v) is 2.80. The number of aliphatic hydroxyl groups excluding tert-OH is 1. The van der Waals surface area contributed by atoms with Crippen LogP contribution >= 0.6 is 15.9 Å². The van der Waals surface area contributed by atoms with Crippen LogP contribution in [0.15, 0.2) is 10.8 Å². The molecule has 0 aromatic carbocycles. The normalized spacial score (nSPS) is 12.5. The van der Waals surface area contributed by atoms with Crippen LogP contribution < -0.4 is 10.6 Å². The second-order valence-electron chi connectivity index (χ2n) is 3.46. The van der Waals surface area contributed by atoms with Crippen molar-refractivity contribution in [2.24, 2.45) is 0 Å². The average Bonchev–Trinajstić information content (AvgIpc) is 2.18. The molecule has 0 amide bonds. The van der Waals surface area contributed by atoms with Crippen LogP contribution in [0.2, 0.25) is 0 Å². The van der Waals surface area contributed by atoms with Gasteiger partial charge in [-0.05, 0) is 29.3 Å². The highest BCUT2D eigenvalue weighted by molar-refractivity contribution is 9.10. The maximum atomic E-state index is 9.18. The number of nitrogen functional groups attached to an aromatic ring is 1. The molecule has 0 saturated carbocycles. The van der Waals surface area contributed by atoms with Gasteiger partial charge in [0.1, 0.15) is 22.4 Å². The Hall–Kier alpha value is -0.880. The van der Waals surface area contributed by atoms with Gasteiger partial charge in [-0.1, -0.05) is 0 Å². The third kappa shape index (κ3) is 3.32. The second-order valence-corrected chi connectivity index (χ2v) is 4.25. The number of aromatic nitrogens is 2. The number of nitrogens with two attached hydrogens (primary N) is 1. The van der Waals surface area contributed by atoms with E-state index in [4.69, 9.17) is 5.73 Å². The summed E-state index contributed by atoms with van der Waals surface area (Å²) in [7, 11) is 1.90. The highest BCUT2D eigenvalue weighted by atomic mass is 79.9. The molecule has 0 aliphatic rings. The highest BCUT2D eigenvalue weighted by Gasteiger charge is 2.10. The van der Waals surface area contributed by atoms with Gasteiger partial charge in [0.15, 0.2) is 0 Å². The first-order chi connectivity index (χ1) is 7.02. The summed E-state index contributed by atoms with van der Waals surface area (Å²) in [4.78, 5) is 9.91. The van der Waals surface area contributed by atoms with Crippen molar-refractivity contribution >= 4 is 27.6 Å². The van der Waals surface area contributed by atoms with Crippen molar-refractivity contribution in [2.75, 3.05) is 24.2 Å². The molecule has 6 heteroatoms. The van der Waals surface area contributed by atoms with E-state index < -0.39 is 0 Å². The maximum Gasteiger partial charge on any atom is 0.148 e. The summed E-state index contributed by atoms with van der Waals surface area (Å²) in [5, 5.41) is 9.18. The van der Waals surface area contributed by atoms with E-state index in [1.807, 2.05) is 11.9 Å². The van der Waals surface area contributed by atoms with E-state index in [1.165, 1.54) is 6.33 Å². The van der Waals surface area contributed by atoms with Crippen molar-refractivity contribution in [2.45, 2.75) is 19.4 Å². The van der Waals surface area contributed by atoms with Gasteiger partial charge < -0.3 is 15.7 Å². The standard InChI is InChI=1S/C9H15BrN4O/c1-6(15)3-4-14(2)9-7(10)8(11)12-5-13-9/h5-6,15H,3-4H2,1-2H3,(H2,11,12,13). The van der Waals surface area contributed by atoms with Crippen molar-refractivity contribution in [1.29, 1.82) is 0 Å². The zero-order valence-electron chi connectivity index (χ0n) is 8.81. The number of halogens is 1. The van der Waals surface area contributed by atoms with Crippen LogP contribution in [0.1, 0.15) is 13.3 Å². The van der Waals surface area contributed by atoms with E-state index in [9.17, 15) is 5.11 Å². The predicted octanol–water partition coefficient (Wildman–Crippen LogP) is 1.03. The Balaban J connectivity index is 2.73. The molecule has 0 saturated heterocycles. The van der Waals surface area contributed by atoms with Gasteiger partial charge in [0.05, 0.1) is 6.10 Å². The Bertz CT molecular complexity index is 332. The van der Waals surface area contributed by atoms with Gasteiger partial charge >= 0.3 is 0 Å². The van der Waals surface area contributed by atoms with Gasteiger partial charge in [-0.25, -0.2) is 9.97 Å². The minimum Gasteiger partial charge on any atom is -0.393 e. The first-order valence-electron chi connectivity index (χ1n) is 4.67. The molecule has 1 unspecified atom stereocenters. The smallest absolute Gasteiger partial charge is 0.148 e. The number of aliphatic hydroxyl groups is 1. The zero-order valence-corrected chi connectivity index (χ0v) is 10.4. The molecule has 0 aliphatic carbocycles. The number of nitrogens with zero attached hydrogens (tertiary/aromatic N) is 3. The molecule has 0 fully saturated rings. The van der Waals surface area contributed by atoms with E-state index >= 15 is 0 Å². The van der Waals surface area contributed by atoms with E-state index in [-0.39, 0.29) is 6.10 Å². The largest absolute Gasteiger partial charge is 0.393 e. The lowest BCUT2D eigenvalue weighted by molar-refractivity contribution is 0.187. The number of hydrogen-bond acceptors (Lipinski definition) is 5. The summed E-state index contributed by atoms with van der Waals surface area (Å²) in [6, 6.07) is 0. The first-order valence-corrected chi connectivity index (χ1v) is 5.47. The number of hydrogen-bond donors (Lipinski definition) is 2. The molecular formula is C9H15BrN4O. The van der Waals surface area contributed by atoms with Gasteiger partial charge in [-0.3, -0.25) is 0 Å². The summed E-state index contributed by atoms with van der Waals surface area (Å²) >= 11 is 3.33. The lowest BCUT2D eigenvalue weighted by atomic mass is 10.3. The molecule has 1 heterocycles. The SMILES string of the molecule is CC(O)CCN(C)c1ncnc(N)c1Br. The fraction of sp³-hybridized carbons (Fsp3) is 0.556. The fourth-order valence-electron chi connectivity index (χ4n) is 1.13. The van der Waals surface area contributed by atoms with Crippen molar-refractivity contribution in [3.8, 4) is 0 Å². The van der Waals surface area contributed by atoms with E-state index in [1.54, 1.807) is 6.92 Å². The van der Waals surface area contributed by atoms with Crippen molar-refractivity contribution in [3.63, 3.8) is 0 Å². The molecule has 5 nitrogen and oxygen atoms in total. The lowest BCUT2D eigenvalue weighted by Gasteiger charge is -2.20. The van der Waals surface area contributed by atoms with Crippen LogP contribution in [-0.2, 0) is 0 Å². The van der Waals surface area contributed by atoms with E-state index in [0.29, 0.717) is 23.3 Å². The summed E-state index contributed by atoms with van der Waals surface area (Å²) in [5.41, 5.74) is 5.64. The second kappa shape index (κ2) is 5.27. The topological polar surface area (TPSA) is 75.3 Å². The van der Waals surface area contributed by atoms with Crippen molar-refractivity contribution < 1.29 is 5.11 Å². The van der Waals surface area contributed by atoms with Crippen LogP contribution in [0.5, 0.6) is 0 Å². The van der Waals surface area contributed by atoms with Gasteiger partial charge in [0.25, 0.3) is 0 Å². The molecule has 0 bridgehead atoms. The minimum absolute atomic E-state index is 0.314. The Labute approximate surface area is 97.5 Å². The average molecular weight is 275 g/mol. The maximum absolute atomic E-state index is 9.18. The molecule has 1 aromatic rings. The molecule has 0 radical (unpaired) electrons. The molecule has 0 aliphatic heterocycles. The van der Waals surface area contributed by atoms with Gasteiger partial charge in [-0.15, -0.1) is 0 Å². The number of rotatable bonds is 4. The Morgan fingerprint density at radius 3 is 2.87 bits per heavy atom. The van der Waals surface area contributed by atoms with Gasteiger partial charge in [0, 0.05) is 13.6 Å². The molecular weight excluding hydrogens is 260 g/mol. The molecule has 1 rings (SSSR count). The third-order valence-electron chi connectivity index (χ3n) is 2.04. The van der Waals surface area contributed by atoms with Gasteiger partial charge in [0.2, 0.25) is 0 Å². The Kier molecular flexibility index (Phi) is 4.28. The Morgan fingerprint density at radius 2 is 2.27 bits per heavy atom. The zero-order chi connectivity index (χ0) is 11.4. The van der Waals surface area contributed by atoms with Crippen LogP contribution in [0.4, 0.5) is 11.6 Å². The summed E-state index contributed by atoms with van der Waals surface area (Å²) in [5.74, 6) is 1.16. The quantitative estimate of drug-likeness (QED) is 0.858. The summed E-state index contributed by atoms with van der Waals surface area (Å²) in [6.07, 6.45) is 1.80. The molecule has 3 N–H and O–H groups in total. The summed E-state index contributed by atoms with van der Waals surface area (Å²) in [6.45, 7) is 2.48. The Morgan fingerprint density at radius 1 is 1.60 bits per heavy atom. The van der Waals surface area contributed by atoms with E-state index in [2.05, 4.69) is 25.9 Å². The first kappa shape index (κ1) is 12.2. The predicted molar refractivity (Wildman–Crippen MR) is 63.7 cm³/mol. The monoisotopic (exact) mass is 274 g/mol. The van der Waals surface area contributed by atoms with Crippen molar-refractivity contribution in [1.82, 2.24) is 9.97 Å². The molecule has 0 spiro atoms. The van der Waals surface area contributed by atoms with Crippen molar-refractivity contribution in [3.05, 3.63) is 10.8 Å². The highest BCUT2D eigenvalue weighted by Crippen LogP contribution is 2.26. The molecule has 1 aromatic heterocycles. The summed E-state index contributed by atoms with van der Waals surface area (Å²) < 4.78 is 0.693. The van der Waals surface area contributed by atoms with Crippen LogP contribution in [-0.4, -0.2) is 34.8 Å². The molecule has 15 heavy (non-hydrogen) atoms. The lowest BCUT2D eigenvalue weighted by Crippen LogP contribution is -2.23. The van der Waals surface area contributed by atoms with Gasteiger partial charge in [-0.2, -0.15) is 0 Å².